The molecule has 4 N–H and O–H groups in total. The molecule has 1 rings (SSSR count). The minimum absolute atomic E-state index is 0.339. The van der Waals surface area contributed by atoms with E-state index in [9.17, 15) is 9.90 Å². The summed E-state index contributed by atoms with van der Waals surface area (Å²) in [7, 11) is 0. The fourth-order valence-electron chi connectivity index (χ4n) is 1.94. The lowest BCUT2D eigenvalue weighted by Crippen LogP contribution is -2.43. The summed E-state index contributed by atoms with van der Waals surface area (Å²) in [4.78, 5) is 10.2. The van der Waals surface area contributed by atoms with E-state index in [1.165, 1.54) is 0 Å². The molecule has 0 atom stereocenters. The fraction of sp³-hybridized carbons (Fsp3) is 0.778. The van der Waals surface area contributed by atoms with E-state index in [-0.39, 0.29) is 0 Å². The van der Waals surface area contributed by atoms with Gasteiger partial charge in [0, 0.05) is 12.6 Å². The number of hydrogen-bond donors (Lipinski definition) is 3. The summed E-state index contributed by atoms with van der Waals surface area (Å²) in [6, 6.07) is 0.349. The van der Waals surface area contributed by atoms with Crippen molar-refractivity contribution in [1.29, 1.82) is 0 Å². The molecule has 1 saturated carbocycles. The van der Waals surface area contributed by atoms with Crippen LogP contribution < -0.4 is 21.5 Å². The van der Waals surface area contributed by atoms with Crippen molar-refractivity contribution in [3.63, 3.8) is 0 Å². The first-order chi connectivity index (χ1) is 7.08. The molecule has 0 bridgehead atoms. The van der Waals surface area contributed by atoms with Gasteiger partial charge in [0.05, 0.1) is 0 Å². The molecule has 5 nitrogen and oxygen atoms in total. The van der Waals surface area contributed by atoms with Crippen molar-refractivity contribution in [2.75, 3.05) is 6.54 Å². The molecule has 0 heterocycles. The average molecular weight is 230 g/mol. The van der Waals surface area contributed by atoms with E-state index in [2.05, 4.69) is 10.6 Å². The van der Waals surface area contributed by atoms with Gasteiger partial charge < -0.3 is 26.3 Å². The first-order valence-corrected chi connectivity index (χ1v) is 5.49. The molecule has 6 heteroatoms. The quantitative estimate of drug-likeness (QED) is 0.558. The summed E-state index contributed by atoms with van der Waals surface area (Å²) in [6.07, 6.45) is 2.74. The number of hydrogen-bond acceptors (Lipinski definition) is 3. The number of nitrogens with one attached hydrogen (secondary N) is 2. The zero-order valence-corrected chi connectivity index (χ0v) is 9.31. The molecule has 15 heavy (non-hydrogen) atoms. The topological polar surface area (TPSA) is 90.2 Å². The molecule has 0 aromatic rings. The normalized spacial score (nSPS) is 25.6. The minimum Gasteiger partial charge on any atom is -0.530 e. The van der Waals surface area contributed by atoms with Crippen LogP contribution in [0.3, 0.4) is 0 Å². The number of carboxylic acid groups (broad SMARTS) is 1. The maximum atomic E-state index is 10.2. The van der Waals surface area contributed by atoms with Gasteiger partial charge in [0.15, 0.2) is 5.11 Å². The lowest BCUT2D eigenvalue weighted by atomic mass is 9.86. The van der Waals surface area contributed by atoms with E-state index < -0.39 is 6.09 Å². The van der Waals surface area contributed by atoms with Gasteiger partial charge in [-0.25, -0.2) is 0 Å². The monoisotopic (exact) mass is 230 g/mol. The van der Waals surface area contributed by atoms with Gasteiger partial charge in [-0.2, -0.15) is 0 Å². The van der Waals surface area contributed by atoms with Gasteiger partial charge in [0.1, 0.15) is 6.09 Å². The predicted octanol–water partition coefficient (Wildman–Crippen LogP) is -0.689. The highest BCUT2D eigenvalue weighted by molar-refractivity contribution is 7.80. The SMILES string of the molecule is NC(=S)NC1CCC(CNC(=O)[O-])CC1. The summed E-state index contributed by atoms with van der Waals surface area (Å²) in [5, 5.41) is 15.9. The van der Waals surface area contributed by atoms with Gasteiger partial charge in [-0.3, -0.25) is 0 Å². The smallest absolute Gasteiger partial charge is 0.163 e. The third-order valence-electron chi connectivity index (χ3n) is 2.73. The van der Waals surface area contributed by atoms with E-state index in [4.69, 9.17) is 18.0 Å². The largest absolute Gasteiger partial charge is 0.530 e. The molecule has 0 saturated heterocycles. The van der Waals surface area contributed by atoms with Gasteiger partial charge in [0.2, 0.25) is 0 Å². The first kappa shape index (κ1) is 12.0. The molecule has 0 unspecified atom stereocenters. The van der Waals surface area contributed by atoms with Crippen molar-refractivity contribution in [1.82, 2.24) is 10.6 Å². The van der Waals surface area contributed by atoms with Crippen LogP contribution in [0.1, 0.15) is 25.7 Å². The number of amides is 1. The number of nitrogens with two attached hydrogens (primary N) is 1. The molecule has 0 aromatic heterocycles. The van der Waals surface area contributed by atoms with E-state index in [0.717, 1.165) is 25.7 Å². The Morgan fingerprint density at radius 3 is 2.47 bits per heavy atom. The standard InChI is InChI=1S/C9H17N3O2S/c10-8(15)12-7-3-1-6(2-4-7)5-11-9(13)14/h6-7,11H,1-5H2,(H,13,14)(H3,10,12,15)/p-1. The van der Waals surface area contributed by atoms with E-state index >= 15 is 0 Å². The first-order valence-electron chi connectivity index (χ1n) is 5.08. The highest BCUT2D eigenvalue weighted by Crippen LogP contribution is 2.23. The Kier molecular flexibility index (Phi) is 4.61. The Balaban J connectivity index is 2.18. The maximum Gasteiger partial charge on any atom is 0.163 e. The van der Waals surface area contributed by atoms with Crippen LogP contribution in [0.25, 0.3) is 0 Å². The summed E-state index contributed by atoms with van der Waals surface area (Å²) < 4.78 is 0. The molecule has 1 fully saturated rings. The highest BCUT2D eigenvalue weighted by Gasteiger charge is 2.20. The van der Waals surface area contributed by atoms with Gasteiger partial charge >= 0.3 is 0 Å². The number of rotatable bonds is 3. The average Bonchev–Trinajstić information content (AvgIpc) is 2.16. The third-order valence-corrected chi connectivity index (χ3v) is 2.85. The zero-order chi connectivity index (χ0) is 11.3. The minimum atomic E-state index is -1.20. The van der Waals surface area contributed by atoms with Crippen LogP contribution in [-0.2, 0) is 0 Å². The second-order valence-electron chi connectivity index (χ2n) is 3.89. The molecule has 1 aliphatic carbocycles. The van der Waals surface area contributed by atoms with Crippen LogP contribution in [0.4, 0.5) is 4.79 Å². The molecular weight excluding hydrogens is 214 g/mol. The Hall–Kier alpha value is -1.04. The van der Waals surface area contributed by atoms with E-state index in [1.54, 1.807) is 0 Å². The molecule has 0 aromatic carbocycles. The van der Waals surface area contributed by atoms with Crippen LogP contribution >= 0.6 is 12.2 Å². The van der Waals surface area contributed by atoms with Crippen LogP contribution in [-0.4, -0.2) is 23.8 Å². The zero-order valence-electron chi connectivity index (χ0n) is 8.49. The van der Waals surface area contributed by atoms with Crippen molar-refractivity contribution in [2.45, 2.75) is 31.7 Å². The molecule has 0 radical (unpaired) electrons. The number of carbonyl (C=O) groups is 1. The van der Waals surface area contributed by atoms with Gasteiger partial charge in [-0.05, 0) is 43.8 Å². The summed E-state index contributed by atoms with van der Waals surface area (Å²) in [5.74, 6) is 0.410. The van der Waals surface area contributed by atoms with Crippen molar-refractivity contribution in [3.05, 3.63) is 0 Å². The molecule has 1 amide bonds. The Morgan fingerprint density at radius 1 is 1.40 bits per heavy atom. The van der Waals surface area contributed by atoms with E-state index in [1.807, 2.05) is 0 Å². The molecule has 1 aliphatic rings. The second kappa shape index (κ2) is 5.75. The Labute approximate surface area is 94.4 Å². The van der Waals surface area contributed by atoms with Crippen molar-refractivity contribution in [2.24, 2.45) is 11.7 Å². The lowest BCUT2D eigenvalue weighted by molar-refractivity contribution is -0.251. The van der Waals surface area contributed by atoms with Crippen LogP contribution in [0.2, 0.25) is 0 Å². The van der Waals surface area contributed by atoms with Gasteiger partial charge in [-0.1, -0.05) is 0 Å². The lowest BCUT2D eigenvalue weighted by Gasteiger charge is -2.29. The van der Waals surface area contributed by atoms with E-state index in [0.29, 0.717) is 23.6 Å². The fourth-order valence-corrected chi connectivity index (χ4v) is 2.11. The van der Waals surface area contributed by atoms with Crippen molar-refractivity contribution >= 4 is 23.4 Å². The van der Waals surface area contributed by atoms with Crippen LogP contribution in [0, 0.1) is 5.92 Å². The van der Waals surface area contributed by atoms with Crippen molar-refractivity contribution in [3.8, 4) is 0 Å². The third kappa shape index (κ3) is 4.83. The van der Waals surface area contributed by atoms with Gasteiger partial charge in [-0.15, -0.1) is 0 Å². The molecule has 0 spiro atoms. The summed E-state index contributed by atoms with van der Waals surface area (Å²) >= 11 is 4.76. The second-order valence-corrected chi connectivity index (χ2v) is 4.33. The number of thiocarbonyl (C=S) groups is 1. The van der Waals surface area contributed by atoms with Gasteiger partial charge in [0.25, 0.3) is 0 Å². The highest BCUT2D eigenvalue weighted by atomic mass is 32.1. The van der Waals surface area contributed by atoms with Crippen LogP contribution in [0.5, 0.6) is 0 Å². The molecule has 0 aliphatic heterocycles. The van der Waals surface area contributed by atoms with Crippen molar-refractivity contribution < 1.29 is 9.90 Å². The summed E-state index contributed by atoms with van der Waals surface area (Å²) in [6.45, 7) is 0.488. The maximum absolute atomic E-state index is 10.2. The molecule has 86 valence electrons. The Morgan fingerprint density at radius 2 is 2.00 bits per heavy atom. The Bertz CT molecular complexity index is 240. The number of carbonyl (C=O) groups excluding carboxylic acids is 1. The summed E-state index contributed by atoms with van der Waals surface area (Å²) in [5.41, 5.74) is 5.38. The predicted molar refractivity (Wildman–Crippen MR) is 59.1 cm³/mol. The van der Waals surface area contributed by atoms with Crippen LogP contribution in [0.15, 0.2) is 0 Å². The molecular formula is C9H16N3O2S-.